The second-order valence-corrected chi connectivity index (χ2v) is 5.21. The second-order valence-electron chi connectivity index (χ2n) is 4.21. The van der Waals surface area contributed by atoms with Crippen molar-refractivity contribution in [3.63, 3.8) is 0 Å². The van der Waals surface area contributed by atoms with Crippen molar-refractivity contribution >= 4 is 23.6 Å². The van der Waals surface area contributed by atoms with Gasteiger partial charge in [0.25, 0.3) is 5.91 Å². The average Bonchev–Trinajstić information content (AvgIpc) is 3.04. The van der Waals surface area contributed by atoms with E-state index in [1.165, 1.54) is 16.7 Å². The molecule has 19 heavy (non-hydrogen) atoms. The summed E-state index contributed by atoms with van der Waals surface area (Å²) in [6.45, 7) is 1.08. The number of carbonyl (C=O) groups is 2. The molecule has 1 unspecified atom stereocenters. The fourth-order valence-corrected chi connectivity index (χ4v) is 3.13. The highest BCUT2D eigenvalue weighted by molar-refractivity contribution is 7.99. The van der Waals surface area contributed by atoms with E-state index in [1.807, 2.05) is 0 Å². The first-order valence-corrected chi connectivity index (χ1v) is 7.06. The minimum atomic E-state index is -0.951. The average molecular weight is 284 g/mol. The van der Waals surface area contributed by atoms with Gasteiger partial charge >= 0.3 is 5.97 Å². The number of carboxylic acids is 1. The molecule has 1 atom stereocenters. The van der Waals surface area contributed by atoms with Crippen LogP contribution in [-0.2, 0) is 16.1 Å². The molecular weight excluding hydrogens is 268 g/mol. The van der Waals surface area contributed by atoms with Crippen molar-refractivity contribution < 1.29 is 19.4 Å². The van der Waals surface area contributed by atoms with Crippen LogP contribution in [0.25, 0.3) is 0 Å². The number of nitrogens with zero attached hydrogens (tertiary/aromatic N) is 2. The van der Waals surface area contributed by atoms with Crippen LogP contribution in [0.2, 0.25) is 0 Å². The lowest BCUT2D eigenvalue weighted by Crippen LogP contribution is -2.42. The Kier molecular flexibility index (Phi) is 4.49. The number of aromatic nitrogens is 1. The lowest BCUT2D eigenvalue weighted by Gasteiger charge is -2.21. The summed E-state index contributed by atoms with van der Waals surface area (Å²) in [5.41, 5.74) is 0.505. The number of thioether (sulfide) groups is 1. The zero-order valence-electron chi connectivity index (χ0n) is 10.6. The number of methoxy groups -OCH3 is 1. The lowest BCUT2D eigenvalue weighted by atomic mass is 10.2. The Morgan fingerprint density at radius 1 is 1.58 bits per heavy atom. The standard InChI is InChI=1S/C12H16N2O4S/c1-18-6-5-13-4-2-3-9(13)11(15)14-8-19-7-10(14)12(16)17/h2-4,10H,5-8H2,1H3,(H,16,17). The van der Waals surface area contributed by atoms with E-state index in [1.54, 1.807) is 30.0 Å². The molecule has 0 aromatic carbocycles. The summed E-state index contributed by atoms with van der Waals surface area (Å²) in [4.78, 5) is 24.9. The molecule has 2 rings (SSSR count). The van der Waals surface area contributed by atoms with E-state index in [9.17, 15) is 9.59 Å². The van der Waals surface area contributed by atoms with E-state index in [4.69, 9.17) is 9.84 Å². The first kappa shape index (κ1) is 14.0. The molecule has 1 aliphatic rings. The van der Waals surface area contributed by atoms with Crippen LogP contribution < -0.4 is 0 Å². The Morgan fingerprint density at radius 2 is 2.37 bits per heavy atom. The SMILES string of the molecule is COCCn1cccc1C(=O)N1CSCC1C(=O)O. The summed E-state index contributed by atoms with van der Waals surface area (Å²) in [6, 6.07) is 2.75. The first-order chi connectivity index (χ1) is 9.15. The molecule has 1 aliphatic heterocycles. The molecule has 0 radical (unpaired) electrons. The number of aliphatic carboxylic acids is 1. The third-order valence-corrected chi connectivity index (χ3v) is 4.03. The molecule has 0 bridgehead atoms. The van der Waals surface area contributed by atoms with Crippen molar-refractivity contribution in [3.8, 4) is 0 Å². The van der Waals surface area contributed by atoms with E-state index in [0.717, 1.165) is 0 Å². The van der Waals surface area contributed by atoms with Gasteiger partial charge in [0.1, 0.15) is 11.7 Å². The number of hydrogen-bond donors (Lipinski definition) is 1. The van der Waals surface area contributed by atoms with Gasteiger partial charge in [-0.2, -0.15) is 0 Å². The third-order valence-electron chi connectivity index (χ3n) is 3.01. The smallest absolute Gasteiger partial charge is 0.327 e. The molecule has 1 fully saturated rings. The number of hydrogen-bond acceptors (Lipinski definition) is 4. The number of carbonyl (C=O) groups excluding carboxylic acids is 1. The number of ether oxygens (including phenoxy) is 1. The zero-order valence-corrected chi connectivity index (χ0v) is 11.4. The maximum atomic E-state index is 12.4. The van der Waals surface area contributed by atoms with Gasteiger partial charge in [-0.3, -0.25) is 4.79 Å². The Hall–Kier alpha value is -1.47. The van der Waals surface area contributed by atoms with Gasteiger partial charge in [-0.25, -0.2) is 4.79 Å². The minimum Gasteiger partial charge on any atom is -0.480 e. The van der Waals surface area contributed by atoms with E-state index >= 15 is 0 Å². The zero-order chi connectivity index (χ0) is 13.8. The van der Waals surface area contributed by atoms with E-state index in [0.29, 0.717) is 30.5 Å². The first-order valence-electron chi connectivity index (χ1n) is 5.90. The van der Waals surface area contributed by atoms with Gasteiger partial charge in [-0.1, -0.05) is 0 Å². The highest BCUT2D eigenvalue weighted by Crippen LogP contribution is 2.23. The van der Waals surface area contributed by atoms with Crippen LogP contribution in [0.3, 0.4) is 0 Å². The molecule has 1 N–H and O–H groups in total. The van der Waals surface area contributed by atoms with Crippen LogP contribution in [-0.4, -0.2) is 57.8 Å². The molecule has 1 aromatic heterocycles. The van der Waals surface area contributed by atoms with Crippen LogP contribution in [0.5, 0.6) is 0 Å². The van der Waals surface area contributed by atoms with Gasteiger partial charge in [0, 0.05) is 25.6 Å². The van der Waals surface area contributed by atoms with Crippen LogP contribution in [0.4, 0.5) is 0 Å². The lowest BCUT2D eigenvalue weighted by molar-refractivity contribution is -0.140. The van der Waals surface area contributed by atoms with Crippen LogP contribution in [0, 0.1) is 0 Å². The summed E-state index contributed by atoms with van der Waals surface area (Å²) in [6.07, 6.45) is 1.80. The van der Waals surface area contributed by atoms with Crippen LogP contribution in [0.1, 0.15) is 10.5 Å². The predicted molar refractivity (Wildman–Crippen MR) is 71.2 cm³/mol. The topological polar surface area (TPSA) is 71.8 Å². The van der Waals surface area contributed by atoms with E-state index in [-0.39, 0.29) is 5.91 Å². The van der Waals surface area contributed by atoms with Gasteiger partial charge in [0.15, 0.2) is 0 Å². The quantitative estimate of drug-likeness (QED) is 0.863. The van der Waals surface area contributed by atoms with Crippen molar-refractivity contribution in [1.82, 2.24) is 9.47 Å². The number of rotatable bonds is 5. The second kappa shape index (κ2) is 6.12. The summed E-state index contributed by atoms with van der Waals surface area (Å²) in [5, 5.41) is 9.11. The highest BCUT2D eigenvalue weighted by atomic mass is 32.2. The molecule has 104 valence electrons. The maximum absolute atomic E-state index is 12.4. The highest BCUT2D eigenvalue weighted by Gasteiger charge is 2.35. The van der Waals surface area contributed by atoms with Gasteiger partial charge in [-0.05, 0) is 12.1 Å². The van der Waals surface area contributed by atoms with Gasteiger partial charge in [-0.15, -0.1) is 11.8 Å². The fraction of sp³-hybridized carbons (Fsp3) is 0.500. The number of carboxylic acid groups (broad SMARTS) is 1. The van der Waals surface area contributed by atoms with Gasteiger partial charge < -0.3 is 19.3 Å². The Morgan fingerprint density at radius 3 is 3.05 bits per heavy atom. The van der Waals surface area contributed by atoms with Gasteiger partial charge in [0.2, 0.25) is 0 Å². The van der Waals surface area contributed by atoms with Crippen molar-refractivity contribution in [3.05, 3.63) is 24.0 Å². The molecule has 1 amide bonds. The summed E-state index contributed by atoms with van der Waals surface area (Å²) < 4.78 is 6.78. The maximum Gasteiger partial charge on any atom is 0.327 e. The van der Waals surface area contributed by atoms with Crippen molar-refractivity contribution in [2.45, 2.75) is 12.6 Å². The number of amides is 1. The molecule has 2 heterocycles. The van der Waals surface area contributed by atoms with E-state index in [2.05, 4.69) is 0 Å². The van der Waals surface area contributed by atoms with Crippen LogP contribution >= 0.6 is 11.8 Å². The summed E-state index contributed by atoms with van der Waals surface area (Å²) in [7, 11) is 1.60. The molecular formula is C12H16N2O4S. The Bertz CT molecular complexity index is 474. The molecule has 1 aromatic rings. The van der Waals surface area contributed by atoms with Crippen molar-refractivity contribution in [2.24, 2.45) is 0 Å². The molecule has 0 spiro atoms. The third kappa shape index (κ3) is 2.93. The molecule has 0 saturated carbocycles. The monoisotopic (exact) mass is 284 g/mol. The molecule has 1 saturated heterocycles. The largest absolute Gasteiger partial charge is 0.480 e. The van der Waals surface area contributed by atoms with E-state index < -0.39 is 12.0 Å². The van der Waals surface area contributed by atoms with Crippen molar-refractivity contribution in [1.29, 1.82) is 0 Å². The molecule has 0 aliphatic carbocycles. The predicted octanol–water partition coefficient (Wildman–Crippen LogP) is 0.734. The van der Waals surface area contributed by atoms with Gasteiger partial charge in [0.05, 0.1) is 12.5 Å². The molecule has 6 nitrogen and oxygen atoms in total. The summed E-state index contributed by atoms with van der Waals surface area (Å²) >= 11 is 1.46. The normalized spacial score (nSPS) is 18.8. The summed E-state index contributed by atoms with van der Waals surface area (Å²) in [5.74, 6) is -0.322. The molecule has 7 heteroatoms. The Labute approximate surface area is 115 Å². The fourth-order valence-electron chi connectivity index (χ4n) is 1.99. The Balaban J connectivity index is 2.15. The minimum absolute atomic E-state index is 0.237. The van der Waals surface area contributed by atoms with Crippen molar-refractivity contribution in [2.75, 3.05) is 25.3 Å². The van der Waals surface area contributed by atoms with Crippen LogP contribution in [0.15, 0.2) is 18.3 Å².